The quantitative estimate of drug-likeness (QED) is 0.198. The first-order valence-electron chi connectivity index (χ1n) is 8.79. The monoisotopic (exact) mass is 391 g/mol. The van der Waals surface area contributed by atoms with Crippen LogP contribution in [0.25, 0.3) is 0 Å². The van der Waals surface area contributed by atoms with Crippen LogP contribution in [0, 0.1) is 0 Å². The molecule has 0 rings (SSSR count). The van der Waals surface area contributed by atoms with Crippen LogP contribution in [0.1, 0.15) is 39.0 Å². The summed E-state index contributed by atoms with van der Waals surface area (Å²) < 4.78 is 26.0. The highest BCUT2D eigenvalue weighted by Crippen LogP contribution is 2.14. The van der Waals surface area contributed by atoms with Crippen molar-refractivity contribution in [1.29, 1.82) is 0 Å². The molecule has 0 saturated carbocycles. The van der Waals surface area contributed by atoms with E-state index in [9.17, 15) is 9.59 Å². The van der Waals surface area contributed by atoms with Crippen LogP contribution in [0.3, 0.4) is 0 Å². The molecule has 1 amide bonds. The topological polar surface area (TPSA) is 92.3 Å². The summed E-state index contributed by atoms with van der Waals surface area (Å²) in [5.74, 6) is -0.355. The lowest BCUT2D eigenvalue weighted by molar-refractivity contribution is -0.139. The second-order valence-electron chi connectivity index (χ2n) is 5.79. The van der Waals surface area contributed by atoms with Gasteiger partial charge in [0.15, 0.2) is 0 Å². The zero-order valence-corrected chi connectivity index (χ0v) is 17.4. The van der Waals surface area contributed by atoms with Crippen LogP contribution >= 0.6 is 0 Å². The predicted molar refractivity (Wildman–Crippen MR) is 99.8 cm³/mol. The summed E-state index contributed by atoms with van der Waals surface area (Å²) in [6.07, 6.45) is 3.62. The lowest BCUT2D eigenvalue weighted by Gasteiger charge is -2.24. The maximum Gasteiger partial charge on any atom is 0.500 e. The number of carbonyl (C=O) groups is 2. The molecule has 0 fully saturated rings. The Bertz CT molecular complexity index is 419. The molecule has 0 spiro atoms. The van der Waals surface area contributed by atoms with E-state index in [1.165, 1.54) is 0 Å². The van der Waals surface area contributed by atoms with Gasteiger partial charge in [0.05, 0.1) is 13.2 Å². The Morgan fingerprint density at radius 1 is 0.885 bits per heavy atom. The number of rotatable bonds is 15. The van der Waals surface area contributed by atoms with Crippen molar-refractivity contribution in [3.05, 3.63) is 12.2 Å². The van der Waals surface area contributed by atoms with E-state index in [1.807, 2.05) is 0 Å². The number of nitrogens with one attached hydrogen (secondary N) is 1. The van der Waals surface area contributed by atoms with Gasteiger partial charge in [-0.1, -0.05) is 6.58 Å². The van der Waals surface area contributed by atoms with Crippen molar-refractivity contribution < 1.29 is 32.3 Å². The molecule has 0 saturated heterocycles. The van der Waals surface area contributed by atoms with E-state index in [0.29, 0.717) is 37.8 Å². The molecule has 152 valence electrons. The summed E-state index contributed by atoms with van der Waals surface area (Å²) in [7, 11) is 2.10. The van der Waals surface area contributed by atoms with Gasteiger partial charge in [-0.3, -0.25) is 0 Å². The lowest BCUT2D eigenvalue weighted by atomic mass is 10.2. The van der Waals surface area contributed by atoms with Crippen LogP contribution < -0.4 is 5.32 Å². The standard InChI is InChI=1S/C17H33NO7Si/c1-15(2)16(19)24-12-8-6-7-9-13-25-17(20)18-11-10-14-26(21-3,22-4)23-5/h1,6-14H2,2-5H3,(H,18,20). The number of amides is 1. The molecule has 0 aliphatic heterocycles. The van der Waals surface area contributed by atoms with Crippen molar-refractivity contribution in [3.8, 4) is 0 Å². The first-order valence-corrected chi connectivity index (χ1v) is 10.7. The highest BCUT2D eigenvalue weighted by molar-refractivity contribution is 6.60. The predicted octanol–water partition coefficient (Wildman–Crippen LogP) is 2.66. The summed E-state index contributed by atoms with van der Waals surface area (Å²) in [5, 5.41) is 2.69. The van der Waals surface area contributed by atoms with Gasteiger partial charge in [0.2, 0.25) is 0 Å². The Labute approximate surface area is 157 Å². The van der Waals surface area contributed by atoms with Gasteiger partial charge >= 0.3 is 20.9 Å². The van der Waals surface area contributed by atoms with E-state index in [1.54, 1.807) is 28.3 Å². The normalized spacial score (nSPS) is 11.1. The van der Waals surface area contributed by atoms with Gasteiger partial charge in [-0.2, -0.15) is 0 Å². The molecule has 9 heteroatoms. The molecule has 0 aromatic heterocycles. The smallest absolute Gasteiger partial charge is 0.462 e. The maximum atomic E-state index is 11.6. The summed E-state index contributed by atoms with van der Waals surface area (Å²) in [6, 6.07) is 0.618. The zero-order chi connectivity index (χ0) is 19.8. The van der Waals surface area contributed by atoms with Crippen molar-refractivity contribution in [2.24, 2.45) is 0 Å². The number of unbranched alkanes of at least 4 members (excludes halogenated alkanes) is 3. The number of hydrogen-bond acceptors (Lipinski definition) is 7. The fraction of sp³-hybridized carbons (Fsp3) is 0.765. The average Bonchev–Trinajstić information content (AvgIpc) is 2.64. The summed E-state index contributed by atoms with van der Waals surface area (Å²) in [5.41, 5.74) is 0.407. The van der Waals surface area contributed by atoms with Crippen LogP contribution in [0.5, 0.6) is 0 Å². The minimum absolute atomic E-state index is 0.355. The fourth-order valence-electron chi connectivity index (χ4n) is 2.11. The molecule has 0 atom stereocenters. The fourth-order valence-corrected chi connectivity index (χ4v) is 3.84. The maximum absolute atomic E-state index is 11.6. The van der Waals surface area contributed by atoms with Crippen LogP contribution in [-0.2, 0) is 27.5 Å². The summed E-state index contributed by atoms with van der Waals surface area (Å²) in [4.78, 5) is 22.7. The second-order valence-corrected chi connectivity index (χ2v) is 8.88. The van der Waals surface area contributed by atoms with Crippen LogP contribution in [0.2, 0.25) is 6.04 Å². The number of ether oxygens (including phenoxy) is 2. The minimum Gasteiger partial charge on any atom is -0.462 e. The summed E-state index contributed by atoms with van der Waals surface area (Å²) in [6.45, 7) is 6.36. The van der Waals surface area contributed by atoms with Crippen molar-refractivity contribution >= 4 is 20.9 Å². The number of alkyl carbamates (subject to hydrolysis) is 1. The molecule has 0 bridgehead atoms. The van der Waals surface area contributed by atoms with Gasteiger partial charge in [-0.05, 0) is 39.0 Å². The van der Waals surface area contributed by atoms with E-state index in [-0.39, 0.29) is 5.97 Å². The third-order valence-corrected chi connectivity index (χ3v) is 6.55. The highest BCUT2D eigenvalue weighted by atomic mass is 28.4. The van der Waals surface area contributed by atoms with E-state index in [0.717, 1.165) is 25.7 Å². The molecule has 0 radical (unpaired) electrons. The first-order chi connectivity index (χ1) is 12.4. The Kier molecular flexibility index (Phi) is 13.9. The van der Waals surface area contributed by atoms with Gasteiger partial charge in [0.25, 0.3) is 0 Å². The van der Waals surface area contributed by atoms with E-state index < -0.39 is 14.9 Å². The Morgan fingerprint density at radius 2 is 1.42 bits per heavy atom. The molecule has 0 aliphatic rings. The molecule has 26 heavy (non-hydrogen) atoms. The van der Waals surface area contributed by atoms with Crippen molar-refractivity contribution in [3.63, 3.8) is 0 Å². The van der Waals surface area contributed by atoms with Crippen molar-refractivity contribution in [2.45, 2.75) is 45.1 Å². The van der Waals surface area contributed by atoms with Gasteiger partial charge in [0, 0.05) is 39.5 Å². The van der Waals surface area contributed by atoms with E-state index in [2.05, 4.69) is 11.9 Å². The van der Waals surface area contributed by atoms with Gasteiger partial charge in [-0.15, -0.1) is 0 Å². The summed E-state index contributed by atoms with van der Waals surface area (Å²) >= 11 is 0. The molecule has 0 aliphatic carbocycles. The largest absolute Gasteiger partial charge is 0.500 e. The van der Waals surface area contributed by atoms with Crippen LogP contribution in [0.15, 0.2) is 12.2 Å². The van der Waals surface area contributed by atoms with Crippen LogP contribution in [0.4, 0.5) is 4.79 Å². The number of hydrogen-bond donors (Lipinski definition) is 1. The number of carbonyl (C=O) groups excluding carboxylic acids is 2. The second kappa shape index (κ2) is 14.7. The van der Waals surface area contributed by atoms with Gasteiger partial charge in [-0.25, -0.2) is 9.59 Å². The number of esters is 1. The molecule has 1 N–H and O–H groups in total. The third-order valence-electron chi connectivity index (χ3n) is 3.72. The highest BCUT2D eigenvalue weighted by Gasteiger charge is 2.36. The lowest BCUT2D eigenvalue weighted by Crippen LogP contribution is -2.43. The van der Waals surface area contributed by atoms with Crippen molar-refractivity contribution in [1.82, 2.24) is 5.32 Å². The van der Waals surface area contributed by atoms with E-state index >= 15 is 0 Å². The minimum atomic E-state index is -2.58. The molecular weight excluding hydrogens is 358 g/mol. The zero-order valence-electron chi connectivity index (χ0n) is 16.4. The van der Waals surface area contributed by atoms with Crippen LogP contribution in [-0.4, -0.2) is 62.0 Å². The average molecular weight is 392 g/mol. The molecule has 0 heterocycles. The molecule has 0 aromatic carbocycles. The first kappa shape index (κ1) is 24.6. The van der Waals surface area contributed by atoms with Gasteiger partial charge in [0.1, 0.15) is 0 Å². The Morgan fingerprint density at radius 3 is 1.92 bits per heavy atom. The van der Waals surface area contributed by atoms with Gasteiger partial charge < -0.3 is 28.1 Å². The van der Waals surface area contributed by atoms with E-state index in [4.69, 9.17) is 22.8 Å². The Hall–Kier alpha value is -1.42. The third kappa shape index (κ3) is 11.2. The molecule has 0 aromatic rings. The van der Waals surface area contributed by atoms with Crippen molar-refractivity contribution in [2.75, 3.05) is 41.1 Å². The molecule has 8 nitrogen and oxygen atoms in total. The SMILES string of the molecule is C=C(C)C(=O)OCCCCCCOC(=O)NCCC[Si](OC)(OC)OC. The Balaban J connectivity index is 3.55. The molecular formula is C17H33NO7Si. The molecule has 0 unspecified atom stereocenters.